The van der Waals surface area contributed by atoms with E-state index < -0.39 is 5.97 Å². The molecular formula is C14H8N2O3S. The van der Waals surface area contributed by atoms with Gasteiger partial charge in [0.25, 0.3) is 0 Å². The first-order chi connectivity index (χ1) is 9.61. The van der Waals surface area contributed by atoms with Gasteiger partial charge in [0.1, 0.15) is 11.3 Å². The molecule has 2 aromatic heterocycles. The monoisotopic (exact) mass is 284 g/mol. The minimum atomic E-state index is -1.18. The number of carboxylic acid groups (broad SMARTS) is 1. The second-order valence-corrected chi connectivity index (χ2v) is 5.04. The Kier molecular flexibility index (Phi) is 2.70. The summed E-state index contributed by atoms with van der Waals surface area (Å²) in [6.45, 7) is 7.16. The van der Waals surface area contributed by atoms with Gasteiger partial charge in [0.2, 0.25) is 5.69 Å². The molecule has 2 heterocycles. The first kappa shape index (κ1) is 12.3. The zero-order valence-corrected chi connectivity index (χ0v) is 10.9. The zero-order valence-electron chi connectivity index (χ0n) is 10.1. The quantitative estimate of drug-likeness (QED) is 0.706. The van der Waals surface area contributed by atoms with E-state index in [9.17, 15) is 9.90 Å². The standard InChI is InChI=1S/C14H8N2O3S/c1-15-11-7-16(13-9(11)4-5-20-13)8-2-3-10(14(18)19)12(17)6-8/h2-7,17H,(H,18,19). The number of nitrogens with zero attached hydrogens (tertiary/aromatic N) is 2. The van der Waals surface area contributed by atoms with Crippen molar-refractivity contribution in [2.75, 3.05) is 0 Å². The highest BCUT2D eigenvalue weighted by Gasteiger charge is 2.14. The molecule has 0 amide bonds. The van der Waals surface area contributed by atoms with Crippen LogP contribution in [-0.2, 0) is 0 Å². The summed E-state index contributed by atoms with van der Waals surface area (Å²) in [5, 5.41) is 21.4. The molecule has 0 aliphatic heterocycles. The molecule has 2 N–H and O–H groups in total. The van der Waals surface area contributed by atoms with Crippen LogP contribution in [0.2, 0.25) is 0 Å². The molecule has 0 aliphatic rings. The van der Waals surface area contributed by atoms with E-state index in [1.165, 1.54) is 23.5 Å². The van der Waals surface area contributed by atoms with Gasteiger partial charge in [0.05, 0.1) is 11.4 Å². The molecular weight excluding hydrogens is 276 g/mol. The number of fused-ring (bicyclic) bond motifs is 1. The molecule has 6 heteroatoms. The highest BCUT2D eigenvalue weighted by atomic mass is 32.1. The number of aromatic carboxylic acids is 1. The number of carboxylic acids is 1. The minimum absolute atomic E-state index is 0.145. The SMILES string of the molecule is [C-]#[N+]c1cn(-c2ccc(C(=O)O)c(O)c2)c2sccc12. The Balaban J connectivity index is 2.21. The van der Waals surface area contributed by atoms with E-state index >= 15 is 0 Å². The Morgan fingerprint density at radius 1 is 1.35 bits per heavy atom. The Morgan fingerprint density at radius 3 is 2.80 bits per heavy atom. The molecule has 0 saturated heterocycles. The molecule has 1 aromatic carbocycles. The number of phenols is 1. The van der Waals surface area contributed by atoms with Gasteiger partial charge < -0.3 is 14.8 Å². The maximum Gasteiger partial charge on any atom is 0.339 e. The molecule has 0 aliphatic carbocycles. The van der Waals surface area contributed by atoms with Gasteiger partial charge >= 0.3 is 5.97 Å². The molecule has 0 radical (unpaired) electrons. The average molecular weight is 284 g/mol. The van der Waals surface area contributed by atoms with Crippen molar-refractivity contribution < 1.29 is 15.0 Å². The number of hydrogen-bond acceptors (Lipinski definition) is 3. The molecule has 0 atom stereocenters. The molecule has 98 valence electrons. The van der Waals surface area contributed by atoms with Crippen molar-refractivity contribution in [3.63, 3.8) is 0 Å². The third kappa shape index (κ3) is 1.73. The lowest BCUT2D eigenvalue weighted by atomic mass is 10.2. The van der Waals surface area contributed by atoms with Gasteiger partial charge in [-0.05, 0) is 17.5 Å². The van der Waals surface area contributed by atoms with Crippen molar-refractivity contribution in [1.29, 1.82) is 0 Å². The van der Waals surface area contributed by atoms with Crippen molar-refractivity contribution in [3.05, 3.63) is 52.8 Å². The summed E-state index contributed by atoms with van der Waals surface area (Å²) in [7, 11) is 0. The summed E-state index contributed by atoms with van der Waals surface area (Å²) < 4.78 is 1.78. The van der Waals surface area contributed by atoms with Gasteiger partial charge in [-0.25, -0.2) is 9.64 Å². The first-order valence-corrected chi connectivity index (χ1v) is 6.52. The van der Waals surface area contributed by atoms with Crippen molar-refractivity contribution in [1.82, 2.24) is 4.57 Å². The number of aromatic hydroxyl groups is 1. The van der Waals surface area contributed by atoms with Crippen LogP contribution in [0.25, 0.3) is 20.7 Å². The van der Waals surface area contributed by atoms with E-state index in [4.69, 9.17) is 11.7 Å². The molecule has 3 rings (SSSR count). The lowest BCUT2D eigenvalue weighted by Gasteiger charge is -2.06. The predicted octanol–water partition coefficient (Wildman–Crippen LogP) is 3.65. The highest BCUT2D eigenvalue weighted by Crippen LogP contribution is 2.35. The summed E-state index contributed by atoms with van der Waals surface area (Å²) >= 11 is 1.48. The lowest BCUT2D eigenvalue weighted by molar-refractivity contribution is 0.0694. The second-order valence-electron chi connectivity index (χ2n) is 4.14. The van der Waals surface area contributed by atoms with Gasteiger partial charge in [-0.3, -0.25) is 0 Å². The van der Waals surface area contributed by atoms with Crippen LogP contribution in [0.1, 0.15) is 10.4 Å². The maximum atomic E-state index is 10.9. The normalized spacial score (nSPS) is 10.6. The lowest BCUT2D eigenvalue weighted by Crippen LogP contribution is -1.98. The van der Waals surface area contributed by atoms with Crippen molar-refractivity contribution in [3.8, 4) is 11.4 Å². The summed E-state index contributed by atoms with van der Waals surface area (Å²) in [6.07, 6.45) is 1.68. The van der Waals surface area contributed by atoms with E-state index in [1.807, 2.05) is 11.4 Å². The van der Waals surface area contributed by atoms with Crippen LogP contribution in [0.5, 0.6) is 5.75 Å². The predicted molar refractivity (Wildman–Crippen MR) is 76.0 cm³/mol. The van der Waals surface area contributed by atoms with E-state index in [0.29, 0.717) is 11.4 Å². The third-order valence-electron chi connectivity index (χ3n) is 3.00. The van der Waals surface area contributed by atoms with Crippen LogP contribution in [0.15, 0.2) is 35.8 Å². The Bertz CT molecular complexity index is 870. The van der Waals surface area contributed by atoms with E-state index in [0.717, 1.165) is 10.2 Å². The summed E-state index contributed by atoms with van der Waals surface area (Å²) in [5.74, 6) is -1.47. The maximum absolute atomic E-state index is 10.9. The highest BCUT2D eigenvalue weighted by molar-refractivity contribution is 7.17. The molecule has 0 bridgehead atoms. The van der Waals surface area contributed by atoms with Crippen molar-refractivity contribution >= 4 is 33.2 Å². The van der Waals surface area contributed by atoms with Gasteiger partial charge in [-0.1, -0.05) is 6.07 Å². The third-order valence-corrected chi connectivity index (χ3v) is 3.91. The topological polar surface area (TPSA) is 66.8 Å². The van der Waals surface area contributed by atoms with Gasteiger partial charge in [0, 0.05) is 23.3 Å². The average Bonchev–Trinajstić information content (AvgIpc) is 2.99. The number of carbonyl (C=O) groups is 1. The molecule has 0 fully saturated rings. The van der Waals surface area contributed by atoms with Crippen LogP contribution in [-0.4, -0.2) is 20.7 Å². The number of rotatable bonds is 2. The first-order valence-electron chi connectivity index (χ1n) is 5.64. The fourth-order valence-electron chi connectivity index (χ4n) is 2.06. The van der Waals surface area contributed by atoms with E-state index in [2.05, 4.69) is 4.85 Å². The summed E-state index contributed by atoms with van der Waals surface area (Å²) in [5.41, 5.74) is 1.01. The summed E-state index contributed by atoms with van der Waals surface area (Å²) in [4.78, 5) is 15.2. The number of hydrogen-bond donors (Lipinski definition) is 2. The molecule has 5 nitrogen and oxygen atoms in total. The van der Waals surface area contributed by atoms with Crippen LogP contribution >= 0.6 is 11.3 Å². The van der Waals surface area contributed by atoms with Crippen LogP contribution in [0.4, 0.5) is 5.69 Å². The van der Waals surface area contributed by atoms with Crippen LogP contribution in [0.3, 0.4) is 0 Å². The Labute approximate surface area is 117 Å². The van der Waals surface area contributed by atoms with Crippen LogP contribution in [0, 0.1) is 6.57 Å². The van der Waals surface area contributed by atoms with Crippen molar-refractivity contribution in [2.24, 2.45) is 0 Å². The largest absolute Gasteiger partial charge is 0.507 e. The number of aromatic nitrogens is 1. The van der Waals surface area contributed by atoms with Crippen molar-refractivity contribution in [2.45, 2.75) is 0 Å². The fraction of sp³-hybridized carbons (Fsp3) is 0. The molecule has 0 saturated carbocycles. The number of thiophene rings is 1. The smallest absolute Gasteiger partial charge is 0.339 e. The fourth-order valence-corrected chi connectivity index (χ4v) is 2.97. The molecule has 0 unspecified atom stereocenters. The number of benzene rings is 1. The summed E-state index contributed by atoms with van der Waals surface area (Å²) in [6, 6.07) is 6.21. The van der Waals surface area contributed by atoms with Gasteiger partial charge in [0.15, 0.2) is 0 Å². The van der Waals surface area contributed by atoms with E-state index in [1.54, 1.807) is 16.8 Å². The molecule has 20 heavy (non-hydrogen) atoms. The molecule has 3 aromatic rings. The second kappa shape index (κ2) is 4.40. The van der Waals surface area contributed by atoms with Gasteiger partial charge in [-0.2, -0.15) is 0 Å². The minimum Gasteiger partial charge on any atom is -0.507 e. The zero-order chi connectivity index (χ0) is 14.3. The molecule has 0 spiro atoms. The van der Waals surface area contributed by atoms with Gasteiger partial charge in [-0.15, -0.1) is 11.3 Å². The van der Waals surface area contributed by atoms with E-state index in [-0.39, 0.29) is 11.3 Å². The Hall–Kier alpha value is -2.78. The Morgan fingerprint density at radius 2 is 2.15 bits per heavy atom. The van der Waals surface area contributed by atoms with Crippen LogP contribution < -0.4 is 0 Å².